The van der Waals surface area contributed by atoms with E-state index in [1.54, 1.807) is 18.0 Å². The topological polar surface area (TPSA) is 42.0 Å². The lowest BCUT2D eigenvalue weighted by atomic mass is 9.80. The van der Waals surface area contributed by atoms with E-state index >= 15 is 0 Å². The highest BCUT2D eigenvalue weighted by atomic mass is 35.5. The minimum Gasteiger partial charge on any atom is -0.340 e. The third-order valence-electron chi connectivity index (χ3n) is 5.32. The second-order valence-electron chi connectivity index (χ2n) is 7.42. The van der Waals surface area contributed by atoms with Crippen molar-refractivity contribution in [3.63, 3.8) is 0 Å². The first-order chi connectivity index (χ1) is 14.1. The standard InChI is InChI=1S/C24H23ClN2OS/c1-29-21-9-5-8-19(14-21)24(27-23(28)18-10-11-18,15-17-6-3-2-4-7-17)22-13-12-20(25)16-26-22/h2-9,12-14,16,18H,10-11,15H2,1H3,(H,27,28). The van der Waals surface area contributed by atoms with Crippen molar-refractivity contribution in [2.75, 3.05) is 6.26 Å². The molecule has 0 radical (unpaired) electrons. The quantitative estimate of drug-likeness (QED) is 0.513. The summed E-state index contributed by atoms with van der Waals surface area (Å²) in [6.45, 7) is 0. The Morgan fingerprint density at radius 2 is 1.93 bits per heavy atom. The monoisotopic (exact) mass is 422 g/mol. The number of halogens is 1. The fraction of sp³-hybridized carbons (Fsp3) is 0.250. The molecule has 1 aliphatic rings. The van der Waals surface area contributed by atoms with Crippen molar-refractivity contribution in [3.05, 3.63) is 94.8 Å². The molecule has 1 N–H and O–H groups in total. The Morgan fingerprint density at radius 1 is 1.14 bits per heavy atom. The molecule has 1 fully saturated rings. The van der Waals surface area contributed by atoms with Crippen LogP contribution in [0, 0.1) is 5.92 Å². The molecule has 0 spiro atoms. The predicted molar refractivity (Wildman–Crippen MR) is 119 cm³/mol. The number of thioether (sulfide) groups is 1. The van der Waals surface area contributed by atoms with Crippen molar-refractivity contribution >= 4 is 29.3 Å². The van der Waals surface area contributed by atoms with Crippen LogP contribution in [0.4, 0.5) is 0 Å². The van der Waals surface area contributed by atoms with E-state index in [1.807, 2.05) is 36.4 Å². The number of carbonyl (C=O) groups excluding carboxylic acids is 1. The molecule has 0 bridgehead atoms. The van der Waals surface area contributed by atoms with Gasteiger partial charge in [-0.2, -0.15) is 0 Å². The smallest absolute Gasteiger partial charge is 0.224 e. The van der Waals surface area contributed by atoms with Gasteiger partial charge in [-0.1, -0.05) is 54.1 Å². The lowest BCUT2D eigenvalue weighted by Gasteiger charge is -2.36. The summed E-state index contributed by atoms with van der Waals surface area (Å²) in [5.74, 6) is 0.188. The highest BCUT2D eigenvalue weighted by Crippen LogP contribution is 2.37. The maximum atomic E-state index is 13.0. The average molecular weight is 423 g/mol. The van der Waals surface area contributed by atoms with Crippen molar-refractivity contribution in [1.29, 1.82) is 0 Å². The molecule has 1 unspecified atom stereocenters. The van der Waals surface area contributed by atoms with Crippen LogP contribution in [-0.4, -0.2) is 17.1 Å². The van der Waals surface area contributed by atoms with E-state index in [4.69, 9.17) is 11.6 Å². The van der Waals surface area contributed by atoms with E-state index in [0.717, 1.165) is 34.6 Å². The zero-order valence-electron chi connectivity index (χ0n) is 16.3. The number of benzene rings is 2. The van der Waals surface area contributed by atoms with E-state index in [1.165, 1.54) is 0 Å². The zero-order valence-corrected chi connectivity index (χ0v) is 17.8. The molecule has 2 aromatic carbocycles. The van der Waals surface area contributed by atoms with Gasteiger partial charge in [0.2, 0.25) is 5.91 Å². The number of hydrogen-bond acceptors (Lipinski definition) is 3. The lowest BCUT2D eigenvalue weighted by Crippen LogP contribution is -2.49. The summed E-state index contributed by atoms with van der Waals surface area (Å²) in [5, 5.41) is 3.97. The molecule has 1 atom stereocenters. The summed E-state index contributed by atoms with van der Waals surface area (Å²) in [4.78, 5) is 18.8. The summed E-state index contributed by atoms with van der Waals surface area (Å²) in [6.07, 6.45) is 6.22. The summed E-state index contributed by atoms with van der Waals surface area (Å²) in [7, 11) is 0. The number of amides is 1. The Morgan fingerprint density at radius 3 is 2.59 bits per heavy atom. The number of pyridine rings is 1. The summed E-state index contributed by atoms with van der Waals surface area (Å²) in [5.41, 5.74) is 2.18. The van der Waals surface area contributed by atoms with E-state index in [0.29, 0.717) is 11.4 Å². The molecule has 4 rings (SSSR count). The summed E-state index contributed by atoms with van der Waals surface area (Å²) in [6, 6.07) is 22.3. The van der Waals surface area contributed by atoms with E-state index in [-0.39, 0.29) is 11.8 Å². The van der Waals surface area contributed by atoms with Gasteiger partial charge in [-0.15, -0.1) is 11.8 Å². The van der Waals surface area contributed by atoms with Crippen LogP contribution >= 0.6 is 23.4 Å². The van der Waals surface area contributed by atoms with Gasteiger partial charge in [-0.3, -0.25) is 9.78 Å². The van der Waals surface area contributed by atoms with Crippen LogP contribution in [-0.2, 0) is 16.8 Å². The molecule has 1 amide bonds. The number of aromatic nitrogens is 1. The van der Waals surface area contributed by atoms with Crippen molar-refractivity contribution in [1.82, 2.24) is 10.3 Å². The van der Waals surface area contributed by atoms with Gasteiger partial charge in [0.15, 0.2) is 0 Å². The second kappa shape index (κ2) is 8.60. The molecule has 0 aliphatic heterocycles. The Labute approximate surface area is 180 Å². The van der Waals surface area contributed by atoms with E-state index < -0.39 is 5.54 Å². The average Bonchev–Trinajstić information content (AvgIpc) is 3.60. The SMILES string of the molecule is CSc1cccc(C(Cc2ccccc2)(NC(=O)C2CC2)c2ccc(Cl)cn2)c1. The Bertz CT molecular complexity index is 989. The van der Waals surface area contributed by atoms with Gasteiger partial charge in [0.05, 0.1) is 10.7 Å². The lowest BCUT2D eigenvalue weighted by molar-refractivity contribution is -0.124. The van der Waals surface area contributed by atoms with Gasteiger partial charge in [0.25, 0.3) is 0 Å². The molecule has 1 aromatic heterocycles. The van der Waals surface area contributed by atoms with Crippen molar-refractivity contribution in [3.8, 4) is 0 Å². The minimum atomic E-state index is -0.767. The molecule has 3 aromatic rings. The number of rotatable bonds is 7. The fourth-order valence-electron chi connectivity index (χ4n) is 3.60. The van der Waals surface area contributed by atoms with Crippen LogP contribution in [0.3, 0.4) is 0 Å². The first-order valence-electron chi connectivity index (χ1n) is 9.73. The first-order valence-corrected chi connectivity index (χ1v) is 11.3. The Hall–Kier alpha value is -2.30. The van der Waals surface area contributed by atoms with Gasteiger partial charge in [0.1, 0.15) is 5.54 Å². The predicted octanol–water partition coefficient (Wildman–Crippen LogP) is 5.47. The molecule has 3 nitrogen and oxygen atoms in total. The molecule has 1 saturated carbocycles. The second-order valence-corrected chi connectivity index (χ2v) is 8.74. The number of hydrogen-bond donors (Lipinski definition) is 1. The van der Waals surface area contributed by atoms with Crippen LogP contribution < -0.4 is 5.32 Å². The van der Waals surface area contributed by atoms with Crippen LogP contribution in [0.25, 0.3) is 0 Å². The molecule has 0 saturated heterocycles. The maximum Gasteiger partial charge on any atom is 0.224 e. The molecular weight excluding hydrogens is 400 g/mol. The molecule has 148 valence electrons. The normalized spacial score (nSPS) is 15.5. The summed E-state index contributed by atoms with van der Waals surface area (Å²) < 4.78 is 0. The highest BCUT2D eigenvalue weighted by Gasteiger charge is 2.41. The van der Waals surface area contributed by atoms with Gasteiger partial charge >= 0.3 is 0 Å². The van der Waals surface area contributed by atoms with Crippen LogP contribution in [0.5, 0.6) is 0 Å². The van der Waals surface area contributed by atoms with Crippen LogP contribution in [0.15, 0.2) is 77.8 Å². The molecule has 1 aliphatic carbocycles. The van der Waals surface area contributed by atoms with Crippen molar-refractivity contribution < 1.29 is 4.79 Å². The zero-order chi connectivity index (χ0) is 20.3. The van der Waals surface area contributed by atoms with Gasteiger partial charge in [0, 0.05) is 23.4 Å². The molecule has 5 heteroatoms. The number of nitrogens with one attached hydrogen (secondary N) is 1. The Balaban J connectivity index is 1.89. The van der Waals surface area contributed by atoms with Crippen LogP contribution in [0.2, 0.25) is 5.02 Å². The van der Waals surface area contributed by atoms with Crippen LogP contribution in [0.1, 0.15) is 29.7 Å². The maximum absolute atomic E-state index is 13.0. The van der Waals surface area contributed by atoms with Crippen molar-refractivity contribution in [2.45, 2.75) is 29.7 Å². The third-order valence-corrected chi connectivity index (χ3v) is 6.27. The molecule has 29 heavy (non-hydrogen) atoms. The van der Waals surface area contributed by atoms with Gasteiger partial charge in [-0.25, -0.2) is 0 Å². The molecule has 1 heterocycles. The number of carbonyl (C=O) groups is 1. The summed E-state index contributed by atoms with van der Waals surface area (Å²) >= 11 is 7.81. The highest BCUT2D eigenvalue weighted by molar-refractivity contribution is 7.98. The van der Waals surface area contributed by atoms with E-state index in [9.17, 15) is 4.79 Å². The molecular formula is C24H23ClN2OS. The van der Waals surface area contributed by atoms with Gasteiger partial charge < -0.3 is 5.32 Å². The van der Waals surface area contributed by atoms with Gasteiger partial charge in [-0.05, 0) is 54.5 Å². The third kappa shape index (κ3) is 4.49. The minimum absolute atomic E-state index is 0.0900. The number of nitrogens with zero attached hydrogens (tertiary/aromatic N) is 1. The fourth-order valence-corrected chi connectivity index (χ4v) is 4.17. The largest absolute Gasteiger partial charge is 0.340 e. The Kier molecular flexibility index (Phi) is 5.93. The van der Waals surface area contributed by atoms with Crippen molar-refractivity contribution in [2.24, 2.45) is 5.92 Å². The first kappa shape index (κ1) is 20.0. The van der Waals surface area contributed by atoms with E-state index in [2.05, 4.69) is 46.9 Å².